The molecule has 1 aromatic heterocycles. The van der Waals surface area contributed by atoms with E-state index in [-0.39, 0.29) is 89.4 Å². The van der Waals surface area contributed by atoms with Crippen molar-refractivity contribution in [1.29, 1.82) is 0 Å². The number of aromatic nitrogens is 1. The molecule has 2 radical (unpaired) electrons. The Bertz CT molecular complexity index is 1730. The first-order valence-corrected chi connectivity index (χ1v) is 13.8. The van der Waals surface area contributed by atoms with Gasteiger partial charge in [-0.3, -0.25) is 9.78 Å². The van der Waals surface area contributed by atoms with Crippen molar-refractivity contribution >= 4 is 71.1 Å². The standard InChI is InChI=1S/C33H29NO9.2Na/c1-3-12-40-22-6-7-24-19(13-22)14-26(32(37)38)33(24,20-4-9-27-29(15-20)42-18-41-27)25-8-5-21(39-2)16-28(25)43-30-17-34-11-10-23(30)31(35)36;;/h4-11,13,15-17,26H,3,12,14,18H2,1-2H3,(H,35,36)(H,37,38);;. The van der Waals surface area contributed by atoms with Crippen LogP contribution >= 0.6 is 0 Å². The van der Waals surface area contributed by atoms with Crippen molar-refractivity contribution in [2.75, 3.05) is 20.5 Å². The molecule has 1 aliphatic heterocycles. The van der Waals surface area contributed by atoms with Crippen LogP contribution in [0.1, 0.15) is 46.0 Å². The number of carboxylic acids is 2. The van der Waals surface area contributed by atoms with Gasteiger partial charge in [0.1, 0.15) is 22.8 Å². The van der Waals surface area contributed by atoms with Gasteiger partial charge in [-0.25, -0.2) is 4.79 Å². The van der Waals surface area contributed by atoms with Crippen LogP contribution in [-0.2, 0) is 16.6 Å². The van der Waals surface area contributed by atoms with Gasteiger partial charge in [0.05, 0.1) is 31.2 Å². The molecule has 2 aliphatic rings. The van der Waals surface area contributed by atoms with E-state index < -0.39 is 23.3 Å². The molecule has 0 amide bonds. The third-order valence-corrected chi connectivity index (χ3v) is 7.90. The minimum absolute atomic E-state index is 0. The number of ether oxygens (including phenoxy) is 5. The van der Waals surface area contributed by atoms with Gasteiger partial charge >= 0.3 is 11.9 Å². The summed E-state index contributed by atoms with van der Waals surface area (Å²) in [6.45, 7) is 2.60. The zero-order valence-corrected chi connectivity index (χ0v) is 29.5. The molecule has 222 valence electrons. The van der Waals surface area contributed by atoms with E-state index in [2.05, 4.69) is 4.98 Å². The topological polar surface area (TPSA) is 134 Å². The fourth-order valence-corrected chi connectivity index (χ4v) is 6.05. The molecule has 0 fully saturated rings. The zero-order chi connectivity index (χ0) is 30.1. The largest absolute Gasteiger partial charge is 0.497 e. The number of hydrogen-bond acceptors (Lipinski definition) is 8. The quantitative estimate of drug-likeness (QED) is 0.233. The van der Waals surface area contributed by atoms with Gasteiger partial charge in [0.2, 0.25) is 6.79 Å². The third kappa shape index (κ3) is 6.27. The van der Waals surface area contributed by atoms with Gasteiger partial charge in [-0.05, 0) is 65.9 Å². The Morgan fingerprint density at radius 1 is 0.933 bits per heavy atom. The second-order valence-electron chi connectivity index (χ2n) is 10.3. The number of rotatable bonds is 10. The van der Waals surface area contributed by atoms with Crippen LogP contribution in [0.2, 0.25) is 0 Å². The number of nitrogens with zero attached hydrogens (tertiary/aromatic N) is 1. The number of fused-ring (bicyclic) bond motifs is 2. The summed E-state index contributed by atoms with van der Waals surface area (Å²) in [6.07, 6.45) is 3.72. The molecule has 0 bridgehead atoms. The molecule has 0 saturated heterocycles. The summed E-state index contributed by atoms with van der Waals surface area (Å²) in [4.78, 5) is 29.3. The van der Waals surface area contributed by atoms with Crippen molar-refractivity contribution in [3.05, 3.63) is 101 Å². The maximum atomic E-state index is 13.2. The number of aromatic carboxylic acids is 1. The maximum Gasteiger partial charge on any atom is 0.339 e. The zero-order valence-electron chi connectivity index (χ0n) is 25.5. The predicted molar refractivity (Wildman–Crippen MR) is 165 cm³/mol. The molecule has 6 rings (SSSR count). The van der Waals surface area contributed by atoms with E-state index in [0.29, 0.717) is 40.7 Å². The van der Waals surface area contributed by atoms with Crippen molar-refractivity contribution in [2.45, 2.75) is 25.2 Å². The average molecular weight is 630 g/mol. The van der Waals surface area contributed by atoms with Crippen LogP contribution in [-0.4, -0.2) is 107 Å². The van der Waals surface area contributed by atoms with Crippen molar-refractivity contribution < 1.29 is 43.5 Å². The van der Waals surface area contributed by atoms with E-state index in [9.17, 15) is 19.8 Å². The third-order valence-electron chi connectivity index (χ3n) is 7.90. The molecule has 2 unspecified atom stereocenters. The van der Waals surface area contributed by atoms with Gasteiger partial charge in [0, 0.05) is 76.9 Å². The van der Waals surface area contributed by atoms with E-state index in [4.69, 9.17) is 23.7 Å². The summed E-state index contributed by atoms with van der Waals surface area (Å²) in [5, 5.41) is 20.6. The average Bonchev–Trinajstić information content (AvgIpc) is 3.62. The number of methoxy groups -OCH3 is 1. The summed E-state index contributed by atoms with van der Waals surface area (Å²) in [5.41, 5.74) is 1.32. The van der Waals surface area contributed by atoms with Gasteiger partial charge < -0.3 is 33.9 Å². The summed E-state index contributed by atoms with van der Waals surface area (Å²) in [6, 6.07) is 17.5. The molecule has 4 aromatic rings. The first-order valence-electron chi connectivity index (χ1n) is 13.8. The smallest absolute Gasteiger partial charge is 0.339 e. The molecule has 45 heavy (non-hydrogen) atoms. The molecule has 0 saturated carbocycles. The molecule has 10 nitrogen and oxygen atoms in total. The minimum atomic E-state index is -1.29. The Hall–Kier alpha value is -3.25. The van der Waals surface area contributed by atoms with Crippen LogP contribution in [0.5, 0.6) is 34.5 Å². The van der Waals surface area contributed by atoms with Crippen LogP contribution in [0, 0.1) is 5.92 Å². The molecule has 2 atom stereocenters. The van der Waals surface area contributed by atoms with E-state index in [1.165, 1.54) is 25.6 Å². The van der Waals surface area contributed by atoms with Gasteiger partial charge in [-0.1, -0.05) is 25.1 Å². The van der Waals surface area contributed by atoms with Gasteiger partial charge in [-0.2, -0.15) is 0 Å². The maximum absolute atomic E-state index is 13.2. The van der Waals surface area contributed by atoms with Crippen LogP contribution in [0.15, 0.2) is 73.1 Å². The predicted octanol–water partition coefficient (Wildman–Crippen LogP) is 4.93. The van der Waals surface area contributed by atoms with Crippen molar-refractivity contribution in [3.8, 4) is 34.5 Å². The molecule has 1 aliphatic carbocycles. The van der Waals surface area contributed by atoms with Crippen LogP contribution in [0.25, 0.3) is 0 Å². The van der Waals surface area contributed by atoms with Crippen LogP contribution < -0.4 is 23.7 Å². The van der Waals surface area contributed by atoms with E-state index in [0.717, 1.165) is 17.5 Å². The number of pyridine rings is 1. The number of carboxylic acid groups (broad SMARTS) is 2. The Morgan fingerprint density at radius 3 is 2.42 bits per heavy atom. The first kappa shape index (κ1) is 34.6. The Kier molecular flexibility index (Phi) is 11.1. The minimum Gasteiger partial charge on any atom is -0.497 e. The number of aliphatic carboxylic acids is 1. The van der Waals surface area contributed by atoms with E-state index >= 15 is 0 Å². The van der Waals surface area contributed by atoms with Gasteiger partial charge in [0.15, 0.2) is 17.2 Å². The second kappa shape index (κ2) is 14.5. The molecule has 3 aromatic carbocycles. The summed E-state index contributed by atoms with van der Waals surface area (Å²) in [5.74, 6) is -0.827. The molecule has 2 heterocycles. The van der Waals surface area contributed by atoms with Gasteiger partial charge in [-0.15, -0.1) is 0 Å². The number of hydrogen-bond donors (Lipinski definition) is 2. The summed E-state index contributed by atoms with van der Waals surface area (Å²) < 4.78 is 29.0. The van der Waals surface area contributed by atoms with Crippen molar-refractivity contribution in [1.82, 2.24) is 4.98 Å². The molecule has 2 N–H and O–H groups in total. The van der Waals surface area contributed by atoms with Crippen LogP contribution in [0.3, 0.4) is 0 Å². The van der Waals surface area contributed by atoms with Crippen molar-refractivity contribution in [2.24, 2.45) is 5.92 Å². The van der Waals surface area contributed by atoms with E-state index in [1.807, 2.05) is 31.2 Å². The van der Waals surface area contributed by atoms with E-state index in [1.54, 1.807) is 30.3 Å². The fourth-order valence-electron chi connectivity index (χ4n) is 6.05. The monoisotopic (exact) mass is 629 g/mol. The Labute approximate surface area is 304 Å². The summed E-state index contributed by atoms with van der Waals surface area (Å²) >= 11 is 0. The second-order valence-corrected chi connectivity index (χ2v) is 10.3. The Morgan fingerprint density at radius 2 is 1.69 bits per heavy atom. The Balaban J connectivity index is 0.00000230. The molecular formula is C33H29NNa2O9. The molecular weight excluding hydrogens is 600 g/mol. The number of benzene rings is 3. The van der Waals surface area contributed by atoms with Crippen molar-refractivity contribution in [3.63, 3.8) is 0 Å². The van der Waals surface area contributed by atoms with Gasteiger partial charge in [0.25, 0.3) is 0 Å². The summed E-state index contributed by atoms with van der Waals surface area (Å²) in [7, 11) is 1.50. The fraction of sp³-hybridized carbons (Fsp3) is 0.242. The first-order chi connectivity index (χ1) is 20.9. The van der Waals surface area contributed by atoms with Crippen LogP contribution in [0.4, 0.5) is 0 Å². The normalized spacial score (nSPS) is 17.3. The molecule has 12 heteroatoms. The SMILES string of the molecule is CCCOc1ccc2c(c1)CC(C(=O)O)C2(c1ccc2c(c1)OCO2)c1ccc(OC)cc1Oc1cnccc1C(=O)O.[Na].[Na]. The number of carbonyl (C=O) groups is 2. The molecule has 0 spiro atoms.